The van der Waals surface area contributed by atoms with E-state index in [1.165, 1.54) is 11.7 Å². The van der Waals surface area contributed by atoms with Crippen molar-refractivity contribution in [3.05, 3.63) is 42.5 Å². The van der Waals surface area contributed by atoms with Gasteiger partial charge < -0.3 is 15.0 Å². The Labute approximate surface area is 161 Å². The van der Waals surface area contributed by atoms with Crippen LogP contribution in [0.3, 0.4) is 0 Å². The molecule has 0 fully saturated rings. The van der Waals surface area contributed by atoms with Crippen LogP contribution in [-0.2, 0) is 6.54 Å². The molecule has 150 valence electrons. The maximum Gasteiger partial charge on any atom is 0.406 e. The average Bonchev–Trinajstić information content (AvgIpc) is 2.97. The lowest BCUT2D eigenvalue weighted by Crippen LogP contribution is -2.24. The Hall–Kier alpha value is -2.61. The molecule has 5 nitrogen and oxygen atoms in total. The molecule has 0 spiro atoms. The second-order valence-electron chi connectivity index (χ2n) is 7.19. The van der Waals surface area contributed by atoms with Gasteiger partial charge in [0.2, 0.25) is 0 Å². The molecular formula is C20H23F3N4O. The number of halogens is 3. The van der Waals surface area contributed by atoms with Gasteiger partial charge >= 0.3 is 6.18 Å². The first-order valence-electron chi connectivity index (χ1n) is 9.00. The third kappa shape index (κ3) is 4.27. The minimum absolute atomic E-state index is 0.241. The topological polar surface area (TPSA) is 66.0 Å². The van der Waals surface area contributed by atoms with Crippen molar-refractivity contribution in [2.75, 3.05) is 7.11 Å². The van der Waals surface area contributed by atoms with E-state index in [2.05, 4.69) is 9.97 Å². The monoisotopic (exact) mass is 392 g/mol. The highest BCUT2D eigenvalue weighted by atomic mass is 19.4. The molecule has 0 aliphatic rings. The first kappa shape index (κ1) is 20.1. The van der Waals surface area contributed by atoms with Crippen LogP contribution in [-0.4, -0.2) is 27.8 Å². The summed E-state index contributed by atoms with van der Waals surface area (Å²) in [6, 6.07) is 6.40. The molecule has 1 aromatic carbocycles. The van der Waals surface area contributed by atoms with Crippen LogP contribution in [0.2, 0.25) is 0 Å². The van der Waals surface area contributed by atoms with E-state index in [-0.39, 0.29) is 11.7 Å². The van der Waals surface area contributed by atoms with Crippen molar-refractivity contribution in [3.8, 4) is 16.9 Å². The Morgan fingerprint density at radius 2 is 1.96 bits per heavy atom. The summed E-state index contributed by atoms with van der Waals surface area (Å²) in [4.78, 5) is 8.44. The maximum atomic E-state index is 13.3. The lowest BCUT2D eigenvalue weighted by molar-refractivity contribution is -0.140. The average molecular weight is 392 g/mol. The fourth-order valence-electron chi connectivity index (χ4n) is 3.33. The SMILES string of the molecule is COc1cnccc1-c1ccc2nc([C@H](N)CC(C)C)n(CC(F)(F)F)c2c1. The number of nitrogens with two attached hydrogens (primary N) is 1. The highest BCUT2D eigenvalue weighted by Gasteiger charge is 2.31. The van der Waals surface area contributed by atoms with E-state index in [1.54, 1.807) is 30.6 Å². The summed E-state index contributed by atoms with van der Waals surface area (Å²) >= 11 is 0. The molecule has 2 aromatic heterocycles. The van der Waals surface area contributed by atoms with Crippen LogP contribution in [0.25, 0.3) is 22.2 Å². The molecule has 2 heterocycles. The van der Waals surface area contributed by atoms with Crippen molar-refractivity contribution in [3.63, 3.8) is 0 Å². The quantitative estimate of drug-likeness (QED) is 0.659. The number of imidazole rings is 1. The number of pyridine rings is 1. The van der Waals surface area contributed by atoms with Gasteiger partial charge in [-0.15, -0.1) is 0 Å². The number of hydrogen-bond acceptors (Lipinski definition) is 4. The number of alkyl halides is 3. The summed E-state index contributed by atoms with van der Waals surface area (Å²) in [5.74, 6) is 1.03. The predicted octanol–water partition coefficient (Wildman–Crippen LogP) is 4.72. The van der Waals surface area contributed by atoms with E-state index in [4.69, 9.17) is 10.5 Å². The minimum Gasteiger partial charge on any atom is -0.494 e. The minimum atomic E-state index is -4.38. The Morgan fingerprint density at radius 3 is 2.61 bits per heavy atom. The number of aromatic nitrogens is 3. The lowest BCUT2D eigenvalue weighted by Gasteiger charge is -2.17. The Balaban J connectivity index is 2.17. The third-order valence-corrected chi connectivity index (χ3v) is 4.49. The van der Waals surface area contributed by atoms with Crippen LogP contribution in [0.15, 0.2) is 36.7 Å². The summed E-state index contributed by atoms with van der Waals surface area (Å²) in [5, 5.41) is 0. The molecule has 0 radical (unpaired) electrons. The highest BCUT2D eigenvalue weighted by Crippen LogP contribution is 2.33. The summed E-state index contributed by atoms with van der Waals surface area (Å²) in [6.07, 6.45) is -0.661. The molecule has 0 amide bonds. The molecule has 28 heavy (non-hydrogen) atoms. The van der Waals surface area contributed by atoms with Crippen LogP contribution < -0.4 is 10.5 Å². The predicted molar refractivity (Wildman–Crippen MR) is 102 cm³/mol. The molecular weight excluding hydrogens is 369 g/mol. The highest BCUT2D eigenvalue weighted by molar-refractivity contribution is 5.84. The van der Waals surface area contributed by atoms with E-state index in [0.29, 0.717) is 23.2 Å². The van der Waals surface area contributed by atoms with E-state index < -0.39 is 18.8 Å². The third-order valence-electron chi connectivity index (χ3n) is 4.49. The smallest absolute Gasteiger partial charge is 0.406 e. The number of fused-ring (bicyclic) bond motifs is 1. The van der Waals surface area contributed by atoms with Gasteiger partial charge in [0.05, 0.1) is 30.4 Å². The normalized spacial score (nSPS) is 13.3. The van der Waals surface area contributed by atoms with Gasteiger partial charge in [0.15, 0.2) is 0 Å². The molecule has 3 rings (SSSR count). The van der Waals surface area contributed by atoms with E-state index in [0.717, 1.165) is 11.1 Å². The van der Waals surface area contributed by atoms with Gasteiger partial charge in [-0.25, -0.2) is 4.98 Å². The summed E-state index contributed by atoms with van der Waals surface area (Å²) < 4.78 is 46.3. The van der Waals surface area contributed by atoms with Gasteiger partial charge in [-0.05, 0) is 36.1 Å². The number of benzene rings is 1. The Morgan fingerprint density at radius 1 is 1.21 bits per heavy atom. The van der Waals surface area contributed by atoms with Crippen molar-refractivity contribution in [1.29, 1.82) is 0 Å². The molecule has 0 aliphatic heterocycles. The first-order valence-corrected chi connectivity index (χ1v) is 9.00. The van der Waals surface area contributed by atoms with Gasteiger partial charge in [0.1, 0.15) is 18.1 Å². The van der Waals surface area contributed by atoms with Crippen molar-refractivity contribution in [2.24, 2.45) is 11.7 Å². The van der Waals surface area contributed by atoms with Crippen LogP contribution >= 0.6 is 0 Å². The number of nitrogens with zero attached hydrogens (tertiary/aromatic N) is 3. The van der Waals surface area contributed by atoms with Crippen LogP contribution in [0.5, 0.6) is 5.75 Å². The van der Waals surface area contributed by atoms with Crippen molar-refractivity contribution in [2.45, 2.75) is 39.0 Å². The van der Waals surface area contributed by atoms with E-state index in [9.17, 15) is 13.2 Å². The number of methoxy groups -OCH3 is 1. The fourth-order valence-corrected chi connectivity index (χ4v) is 3.33. The largest absolute Gasteiger partial charge is 0.494 e. The molecule has 3 aromatic rings. The van der Waals surface area contributed by atoms with Crippen molar-refractivity contribution >= 4 is 11.0 Å². The molecule has 0 saturated carbocycles. The number of hydrogen-bond donors (Lipinski definition) is 1. The fraction of sp³-hybridized carbons (Fsp3) is 0.400. The number of ether oxygens (including phenoxy) is 1. The summed E-state index contributed by atoms with van der Waals surface area (Å²) in [5.41, 5.74) is 8.53. The second kappa shape index (κ2) is 7.79. The number of rotatable bonds is 6. The maximum absolute atomic E-state index is 13.3. The van der Waals surface area contributed by atoms with E-state index >= 15 is 0 Å². The van der Waals surface area contributed by atoms with Gasteiger partial charge in [0.25, 0.3) is 0 Å². The zero-order valence-corrected chi connectivity index (χ0v) is 16.0. The van der Waals surface area contributed by atoms with Crippen LogP contribution in [0.4, 0.5) is 13.2 Å². The first-order chi connectivity index (χ1) is 13.2. The van der Waals surface area contributed by atoms with E-state index in [1.807, 2.05) is 19.9 Å². The molecule has 0 bridgehead atoms. The second-order valence-corrected chi connectivity index (χ2v) is 7.19. The van der Waals surface area contributed by atoms with Crippen molar-refractivity contribution < 1.29 is 17.9 Å². The zero-order chi connectivity index (χ0) is 20.5. The van der Waals surface area contributed by atoms with Crippen LogP contribution in [0, 0.1) is 5.92 Å². The molecule has 8 heteroatoms. The molecule has 0 saturated heterocycles. The van der Waals surface area contributed by atoms with Gasteiger partial charge in [-0.3, -0.25) is 4.98 Å². The summed E-state index contributed by atoms with van der Waals surface area (Å²) in [7, 11) is 1.52. The Kier molecular flexibility index (Phi) is 5.60. The molecule has 2 N–H and O–H groups in total. The zero-order valence-electron chi connectivity index (χ0n) is 16.0. The van der Waals surface area contributed by atoms with Gasteiger partial charge in [-0.1, -0.05) is 19.9 Å². The summed E-state index contributed by atoms with van der Waals surface area (Å²) in [6.45, 7) is 2.82. The van der Waals surface area contributed by atoms with Gasteiger partial charge in [0, 0.05) is 11.8 Å². The lowest BCUT2D eigenvalue weighted by atomic mass is 10.0. The van der Waals surface area contributed by atoms with Crippen LogP contribution in [0.1, 0.15) is 32.1 Å². The Bertz CT molecular complexity index is 966. The van der Waals surface area contributed by atoms with Gasteiger partial charge in [-0.2, -0.15) is 13.2 Å². The molecule has 0 aliphatic carbocycles. The molecule has 1 atom stereocenters. The standard InChI is InChI=1S/C20H23F3N4O/c1-12(2)8-15(24)19-26-16-5-4-13(14-6-7-25-10-18(14)28-3)9-17(16)27(19)11-20(21,22)23/h4-7,9-10,12,15H,8,11,24H2,1-3H3/t15-/m1/s1. The van der Waals surface area contributed by atoms with Crippen molar-refractivity contribution in [1.82, 2.24) is 14.5 Å². The molecule has 0 unspecified atom stereocenters.